The summed E-state index contributed by atoms with van der Waals surface area (Å²) in [6.45, 7) is 2.89. The number of anilines is 1. The number of methoxy groups -OCH3 is 1. The maximum absolute atomic E-state index is 5.07. The molecule has 4 heteroatoms. The van der Waals surface area contributed by atoms with Crippen LogP contribution in [0.5, 0.6) is 0 Å². The van der Waals surface area contributed by atoms with Gasteiger partial charge in [-0.2, -0.15) is 10.2 Å². The van der Waals surface area contributed by atoms with E-state index in [2.05, 4.69) is 28.5 Å². The Labute approximate surface area is 101 Å². The zero-order valence-corrected chi connectivity index (χ0v) is 10.2. The van der Waals surface area contributed by atoms with Gasteiger partial charge >= 0.3 is 0 Å². The van der Waals surface area contributed by atoms with Crippen molar-refractivity contribution in [2.75, 3.05) is 19.0 Å². The van der Waals surface area contributed by atoms with Crippen molar-refractivity contribution < 1.29 is 4.74 Å². The van der Waals surface area contributed by atoms with Crippen LogP contribution in [0.4, 0.5) is 5.69 Å². The Hall–Kier alpha value is -1.68. The molecule has 0 radical (unpaired) electrons. The lowest BCUT2D eigenvalue weighted by molar-refractivity contribution is 0.191. The van der Waals surface area contributed by atoms with Gasteiger partial charge in [0, 0.05) is 25.1 Å². The Kier molecular flexibility index (Phi) is 3.88. The van der Waals surface area contributed by atoms with Gasteiger partial charge in [-0.1, -0.05) is 18.2 Å². The van der Waals surface area contributed by atoms with E-state index in [4.69, 9.17) is 4.74 Å². The highest BCUT2D eigenvalue weighted by Crippen LogP contribution is 2.20. The number of aromatic nitrogens is 2. The van der Waals surface area contributed by atoms with Crippen LogP contribution in [0.15, 0.2) is 30.5 Å². The number of hydrogen-bond acceptors (Lipinski definition) is 4. The molecule has 0 bridgehead atoms. The van der Waals surface area contributed by atoms with Crippen LogP contribution < -0.4 is 5.32 Å². The fourth-order valence-electron chi connectivity index (χ4n) is 1.75. The molecule has 1 heterocycles. The minimum atomic E-state index is 0.350. The molecule has 1 unspecified atom stereocenters. The summed E-state index contributed by atoms with van der Waals surface area (Å²) < 4.78 is 5.07. The zero-order chi connectivity index (χ0) is 12.1. The van der Waals surface area contributed by atoms with Crippen molar-refractivity contribution in [2.24, 2.45) is 0 Å². The second-order valence-electron chi connectivity index (χ2n) is 4.10. The van der Waals surface area contributed by atoms with Crippen molar-refractivity contribution in [1.82, 2.24) is 10.2 Å². The standard InChI is InChI=1S/C13H17N3O/c1-10(7-8-17-2)15-13-9-14-16-12-6-4-3-5-11(12)13/h3-6,9-10H,7-8H2,1-2H3,(H,15,16). The first kappa shape index (κ1) is 11.8. The molecule has 1 aromatic carbocycles. The number of rotatable bonds is 5. The van der Waals surface area contributed by atoms with Gasteiger partial charge in [0.1, 0.15) is 0 Å². The maximum Gasteiger partial charge on any atom is 0.0950 e. The van der Waals surface area contributed by atoms with Crippen molar-refractivity contribution in [1.29, 1.82) is 0 Å². The Morgan fingerprint density at radius 3 is 3.00 bits per heavy atom. The van der Waals surface area contributed by atoms with Crippen molar-refractivity contribution in [3.8, 4) is 0 Å². The number of nitrogens with zero attached hydrogens (tertiary/aromatic N) is 2. The fraction of sp³-hybridized carbons (Fsp3) is 0.385. The summed E-state index contributed by atoms with van der Waals surface area (Å²) in [5.41, 5.74) is 1.94. The van der Waals surface area contributed by atoms with Crippen LogP contribution in [0.25, 0.3) is 10.9 Å². The molecule has 0 aliphatic carbocycles. The molecule has 1 aromatic heterocycles. The van der Waals surface area contributed by atoms with Crippen LogP contribution >= 0.6 is 0 Å². The predicted octanol–water partition coefficient (Wildman–Crippen LogP) is 2.47. The Balaban J connectivity index is 2.18. The minimum Gasteiger partial charge on any atom is -0.385 e. The molecule has 0 saturated carbocycles. The van der Waals surface area contributed by atoms with E-state index in [0.717, 1.165) is 29.6 Å². The number of ether oxygens (including phenoxy) is 1. The van der Waals surface area contributed by atoms with Gasteiger partial charge in [0.05, 0.1) is 17.4 Å². The lowest BCUT2D eigenvalue weighted by Gasteiger charge is -2.15. The van der Waals surface area contributed by atoms with Gasteiger partial charge in [0.25, 0.3) is 0 Å². The van der Waals surface area contributed by atoms with Crippen LogP contribution in [0.2, 0.25) is 0 Å². The van der Waals surface area contributed by atoms with Gasteiger partial charge in [-0.15, -0.1) is 0 Å². The van der Waals surface area contributed by atoms with Crippen LogP contribution in [-0.4, -0.2) is 30.0 Å². The van der Waals surface area contributed by atoms with Gasteiger partial charge in [-0.25, -0.2) is 0 Å². The normalized spacial score (nSPS) is 12.6. The van der Waals surface area contributed by atoms with Crippen molar-refractivity contribution in [2.45, 2.75) is 19.4 Å². The highest BCUT2D eigenvalue weighted by Gasteiger charge is 2.05. The highest BCUT2D eigenvalue weighted by atomic mass is 16.5. The molecule has 1 atom stereocenters. The molecular formula is C13H17N3O. The third-order valence-corrected chi connectivity index (χ3v) is 2.70. The van der Waals surface area contributed by atoms with Crippen LogP contribution in [0.3, 0.4) is 0 Å². The van der Waals surface area contributed by atoms with Crippen molar-refractivity contribution >= 4 is 16.6 Å². The van der Waals surface area contributed by atoms with E-state index in [9.17, 15) is 0 Å². The third kappa shape index (κ3) is 2.91. The summed E-state index contributed by atoms with van der Waals surface area (Å²) >= 11 is 0. The summed E-state index contributed by atoms with van der Waals surface area (Å²) in [7, 11) is 1.72. The topological polar surface area (TPSA) is 47.0 Å². The monoisotopic (exact) mass is 231 g/mol. The van der Waals surface area contributed by atoms with Gasteiger partial charge in [0.15, 0.2) is 0 Å². The van der Waals surface area contributed by atoms with E-state index in [0.29, 0.717) is 6.04 Å². The molecule has 0 aliphatic rings. The summed E-state index contributed by atoms with van der Waals surface area (Å²) in [5.74, 6) is 0. The van der Waals surface area contributed by atoms with Crippen LogP contribution in [0, 0.1) is 0 Å². The largest absolute Gasteiger partial charge is 0.385 e. The molecule has 0 saturated heterocycles. The van der Waals surface area contributed by atoms with Gasteiger partial charge in [-0.3, -0.25) is 0 Å². The number of hydrogen-bond donors (Lipinski definition) is 1. The minimum absolute atomic E-state index is 0.350. The molecular weight excluding hydrogens is 214 g/mol. The molecule has 0 aliphatic heterocycles. The summed E-state index contributed by atoms with van der Waals surface area (Å²) in [6, 6.07) is 8.34. The Morgan fingerprint density at radius 2 is 2.18 bits per heavy atom. The van der Waals surface area contributed by atoms with E-state index in [1.165, 1.54) is 0 Å². The summed E-state index contributed by atoms with van der Waals surface area (Å²) in [4.78, 5) is 0. The molecule has 0 spiro atoms. The van der Waals surface area contributed by atoms with Gasteiger partial charge < -0.3 is 10.1 Å². The summed E-state index contributed by atoms with van der Waals surface area (Å²) in [6.07, 6.45) is 2.73. The van der Waals surface area contributed by atoms with Crippen molar-refractivity contribution in [3.05, 3.63) is 30.5 Å². The van der Waals surface area contributed by atoms with E-state index in [1.54, 1.807) is 13.3 Å². The molecule has 90 valence electrons. The number of fused-ring (bicyclic) bond motifs is 1. The average Bonchev–Trinajstić information content (AvgIpc) is 2.37. The lowest BCUT2D eigenvalue weighted by atomic mass is 10.2. The van der Waals surface area contributed by atoms with Gasteiger partial charge in [-0.05, 0) is 19.4 Å². The molecule has 0 amide bonds. The molecule has 4 nitrogen and oxygen atoms in total. The quantitative estimate of drug-likeness (QED) is 0.858. The second-order valence-corrected chi connectivity index (χ2v) is 4.10. The number of benzene rings is 1. The van der Waals surface area contributed by atoms with E-state index >= 15 is 0 Å². The molecule has 2 aromatic rings. The highest BCUT2D eigenvalue weighted by molar-refractivity contribution is 5.90. The van der Waals surface area contributed by atoms with Gasteiger partial charge in [0.2, 0.25) is 0 Å². The summed E-state index contributed by atoms with van der Waals surface area (Å²) in [5, 5.41) is 12.6. The van der Waals surface area contributed by atoms with E-state index in [1.807, 2.05) is 18.2 Å². The first-order valence-corrected chi connectivity index (χ1v) is 5.77. The first-order valence-electron chi connectivity index (χ1n) is 5.77. The maximum atomic E-state index is 5.07. The van der Waals surface area contributed by atoms with E-state index < -0.39 is 0 Å². The molecule has 17 heavy (non-hydrogen) atoms. The fourth-order valence-corrected chi connectivity index (χ4v) is 1.75. The first-order chi connectivity index (χ1) is 8.31. The molecule has 1 N–H and O–H groups in total. The lowest BCUT2D eigenvalue weighted by Crippen LogP contribution is -2.17. The SMILES string of the molecule is COCCC(C)Nc1cnnc2ccccc12. The average molecular weight is 231 g/mol. The Morgan fingerprint density at radius 1 is 1.35 bits per heavy atom. The molecule has 0 fully saturated rings. The predicted molar refractivity (Wildman–Crippen MR) is 69.1 cm³/mol. The van der Waals surface area contributed by atoms with Crippen LogP contribution in [0.1, 0.15) is 13.3 Å². The molecule has 2 rings (SSSR count). The zero-order valence-electron chi connectivity index (χ0n) is 10.2. The third-order valence-electron chi connectivity index (χ3n) is 2.70. The van der Waals surface area contributed by atoms with Crippen LogP contribution in [-0.2, 0) is 4.74 Å². The smallest absolute Gasteiger partial charge is 0.0950 e. The van der Waals surface area contributed by atoms with E-state index in [-0.39, 0.29) is 0 Å². The Bertz CT molecular complexity index is 482. The number of nitrogens with one attached hydrogen (secondary N) is 1. The van der Waals surface area contributed by atoms with Crippen molar-refractivity contribution in [3.63, 3.8) is 0 Å². The second kappa shape index (κ2) is 5.59.